The Bertz CT molecular complexity index is 362. The van der Waals surface area contributed by atoms with E-state index in [4.69, 9.17) is 4.74 Å². The Balaban J connectivity index is 2.07. The standard InChI is InChI=1S/C12H20N2O5/c1-12(2,3)19-10(16)13-7-5-4-6-8-9(15)18-11(17)14-8/h8H,4-7H2,1-3H3,(H,13,16)(H,14,17). The van der Waals surface area contributed by atoms with E-state index >= 15 is 0 Å². The van der Waals surface area contributed by atoms with E-state index < -0.39 is 29.8 Å². The molecule has 108 valence electrons. The van der Waals surface area contributed by atoms with Crippen LogP contribution in [0.25, 0.3) is 0 Å². The fourth-order valence-corrected chi connectivity index (χ4v) is 1.56. The highest BCUT2D eigenvalue weighted by Crippen LogP contribution is 2.09. The van der Waals surface area contributed by atoms with Crippen molar-refractivity contribution in [1.82, 2.24) is 10.6 Å². The first-order valence-corrected chi connectivity index (χ1v) is 6.27. The number of alkyl carbamates (subject to hydrolysis) is 2. The van der Waals surface area contributed by atoms with E-state index in [0.717, 1.165) is 0 Å². The van der Waals surface area contributed by atoms with E-state index in [2.05, 4.69) is 15.4 Å². The number of ether oxygens (including phenoxy) is 2. The summed E-state index contributed by atoms with van der Waals surface area (Å²) >= 11 is 0. The van der Waals surface area contributed by atoms with Crippen molar-refractivity contribution < 1.29 is 23.9 Å². The largest absolute Gasteiger partial charge is 0.444 e. The zero-order valence-electron chi connectivity index (χ0n) is 11.4. The quantitative estimate of drug-likeness (QED) is 0.447. The second-order valence-electron chi connectivity index (χ2n) is 5.33. The van der Waals surface area contributed by atoms with Crippen LogP contribution in [0.2, 0.25) is 0 Å². The van der Waals surface area contributed by atoms with Gasteiger partial charge in [0.2, 0.25) is 0 Å². The van der Waals surface area contributed by atoms with Gasteiger partial charge in [-0.05, 0) is 40.0 Å². The molecule has 1 aliphatic heterocycles. The van der Waals surface area contributed by atoms with Crippen LogP contribution in [0.15, 0.2) is 0 Å². The monoisotopic (exact) mass is 272 g/mol. The van der Waals surface area contributed by atoms with Gasteiger partial charge >= 0.3 is 18.2 Å². The van der Waals surface area contributed by atoms with E-state index in [1.807, 2.05) is 0 Å². The van der Waals surface area contributed by atoms with Gasteiger partial charge in [0.25, 0.3) is 0 Å². The second-order valence-corrected chi connectivity index (χ2v) is 5.33. The maximum Gasteiger partial charge on any atom is 0.415 e. The number of rotatable bonds is 5. The number of hydrogen-bond donors (Lipinski definition) is 2. The van der Waals surface area contributed by atoms with Gasteiger partial charge in [-0.2, -0.15) is 0 Å². The Hall–Kier alpha value is -1.79. The van der Waals surface area contributed by atoms with Crippen molar-refractivity contribution in [2.75, 3.05) is 6.54 Å². The molecular formula is C12H20N2O5. The highest BCUT2D eigenvalue weighted by atomic mass is 16.6. The third-order valence-corrected chi connectivity index (χ3v) is 2.36. The Kier molecular flexibility index (Phi) is 5.14. The molecular weight excluding hydrogens is 252 g/mol. The Morgan fingerprint density at radius 1 is 1.37 bits per heavy atom. The molecule has 1 atom stereocenters. The average Bonchev–Trinajstić information content (AvgIpc) is 2.54. The van der Waals surface area contributed by atoms with Gasteiger partial charge in [0, 0.05) is 6.54 Å². The van der Waals surface area contributed by atoms with Crippen LogP contribution in [0.3, 0.4) is 0 Å². The van der Waals surface area contributed by atoms with Gasteiger partial charge in [-0.1, -0.05) is 0 Å². The van der Waals surface area contributed by atoms with Crippen LogP contribution in [-0.2, 0) is 14.3 Å². The number of hydrogen-bond acceptors (Lipinski definition) is 5. The van der Waals surface area contributed by atoms with Crippen LogP contribution in [0.5, 0.6) is 0 Å². The van der Waals surface area contributed by atoms with Crippen LogP contribution >= 0.6 is 0 Å². The highest BCUT2D eigenvalue weighted by Gasteiger charge is 2.31. The second kappa shape index (κ2) is 6.40. The lowest BCUT2D eigenvalue weighted by Crippen LogP contribution is -2.33. The summed E-state index contributed by atoms with van der Waals surface area (Å²) < 4.78 is 9.41. The molecule has 0 aromatic heterocycles. The smallest absolute Gasteiger partial charge is 0.415 e. The summed E-state index contributed by atoms with van der Waals surface area (Å²) in [6.07, 6.45) is 0.734. The third-order valence-electron chi connectivity index (χ3n) is 2.36. The highest BCUT2D eigenvalue weighted by molar-refractivity contribution is 5.95. The Labute approximate surface area is 112 Å². The number of esters is 1. The van der Waals surface area contributed by atoms with E-state index in [0.29, 0.717) is 25.8 Å². The SMILES string of the molecule is CC(C)(C)OC(=O)NCCCCC1NC(=O)OC1=O. The molecule has 1 unspecified atom stereocenters. The van der Waals surface area contributed by atoms with Crippen molar-refractivity contribution in [3.8, 4) is 0 Å². The molecule has 1 fully saturated rings. The molecule has 0 saturated carbocycles. The average molecular weight is 272 g/mol. The maximum atomic E-state index is 11.3. The number of unbranched alkanes of at least 4 members (excludes halogenated alkanes) is 1. The first-order chi connectivity index (χ1) is 8.78. The normalized spacial score (nSPS) is 18.8. The third kappa shape index (κ3) is 6.08. The molecule has 1 aliphatic rings. The molecule has 19 heavy (non-hydrogen) atoms. The first-order valence-electron chi connectivity index (χ1n) is 6.27. The van der Waals surface area contributed by atoms with Crippen LogP contribution < -0.4 is 10.6 Å². The molecule has 2 N–H and O–H groups in total. The molecule has 7 nitrogen and oxygen atoms in total. The number of carbonyl (C=O) groups excluding carboxylic acids is 3. The molecule has 0 radical (unpaired) electrons. The zero-order chi connectivity index (χ0) is 14.5. The zero-order valence-corrected chi connectivity index (χ0v) is 11.4. The van der Waals surface area contributed by atoms with Crippen LogP contribution in [0.1, 0.15) is 40.0 Å². The van der Waals surface area contributed by atoms with Crippen LogP contribution in [0.4, 0.5) is 9.59 Å². The van der Waals surface area contributed by atoms with E-state index in [-0.39, 0.29) is 0 Å². The number of cyclic esters (lactones) is 2. The van der Waals surface area contributed by atoms with Gasteiger partial charge in [-0.3, -0.25) is 0 Å². The molecule has 1 rings (SSSR count). The lowest BCUT2D eigenvalue weighted by Gasteiger charge is -2.19. The summed E-state index contributed by atoms with van der Waals surface area (Å²) in [5.41, 5.74) is -0.512. The lowest BCUT2D eigenvalue weighted by molar-refractivity contribution is -0.135. The topological polar surface area (TPSA) is 93.7 Å². The molecule has 0 aromatic rings. The van der Waals surface area contributed by atoms with Crippen LogP contribution in [0, 0.1) is 0 Å². The number of amides is 2. The summed E-state index contributed by atoms with van der Waals surface area (Å²) in [7, 11) is 0. The predicted molar refractivity (Wildman–Crippen MR) is 66.5 cm³/mol. The van der Waals surface area contributed by atoms with Crippen molar-refractivity contribution in [3.05, 3.63) is 0 Å². The van der Waals surface area contributed by atoms with Crippen LogP contribution in [-0.4, -0.2) is 36.3 Å². The Morgan fingerprint density at radius 3 is 2.58 bits per heavy atom. The number of carbonyl (C=O) groups is 3. The molecule has 0 aromatic carbocycles. The van der Waals surface area contributed by atoms with Gasteiger partial charge in [-0.25, -0.2) is 14.4 Å². The molecule has 0 bridgehead atoms. The molecule has 1 heterocycles. The minimum Gasteiger partial charge on any atom is -0.444 e. The minimum absolute atomic E-state index is 0.457. The fraction of sp³-hybridized carbons (Fsp3) is 0.750. The van der Waals surface area contributed by atoms with E-state index in [1.54, 1.807) is 20.8 Å². The van der Waals surface area contributed by atoms with Crippen molar-refractivity contribution in [1.29, 1.82) is 0 Å². The van der Waals surface area contributed by atoms with Gasteiger partial charge < -0.3 is 20.1 Å². The fourth-order valence-electron chi connectivity index (χ4n) is 1.56. The van der Waals surface area contributed by atoms with Gasteiger partial charge in [0.15, 0.2) is 0 Å². The van der Waals surface area contributed by atoms with Crippen molar-refractivity contribution in [2.45, 2.75) is 51.7 Å². The predicted octanol–water partition coefficient (Wildman–Crippen LogP) is 1.32. The van der Waals surface area contributed by atoms with Crippen molar-refractivity contribution >= 4 is 18.2 Å². The molecule has 2 amide bonds. The van der Waals surface area contributed by atoms with Gasteiger partial charge in [0.1, 0.15) is 11.6 Å². The minimum atomic E-state index is -0.693. The molecule has 0 spiro atoms. The number of nitrogens with one attached hydrogen (secondary N) is 2. The van der Waals surface area contributed by atoms with Crippen molar-refractivity contribution in [2.24, 2.45) is 0 Å². The van der Waals surface area contributed by atoms with Gasteiger partial charge in [0.05, 0.1) is 0 Å². The molecule has 1 saturated heterocycles. The maximum absolute atomic E-state index is 11.3. The van der Waals surface area contributed by atoms with E-state index in [9.17, 15) is 14.4 Å². The lowest BCUT2D eigenvalue weighted by atomic mass is 10.1. The Morgan fingerprint density at radius 2 is 2.05 bits per heavy atom. The molecule has 0 aliphatic carbocycles. The summed E-state index contributed by atoms with van der Waals surface area (Å²) in [6.45, 7) is 5.84. The van der Waals surface area contributed by atoms with Gasteiger partial charge in [-0.15, -0.1) is 0 Å². The van der Waals surface area contributed by atoms with E-state index in [1.165, 1.54) is 0 Å². The summed E-state index contributed by atoms with van der Waals surface area (Å²) in [4.78, 5) is 33.2. The first kappa shape index (κ1) is 15.3. The summed E-state index contributed by atoms with van der Waals surface area (Å²) in [6, 6.07) is -0.561. The summed E-state index contributed by atoms with van der Waals surface area (Å²) in [5, 5.41) is 5.03. The summed E-state index contributed by atoms with van der Waals surface area (Å²) in [5.74, 6) is -0.537. The van der Waals surface area contributed by atoms with Crippen molar-refractivity contribution in [3.63, 3.8) is 0 Å². The molecule has 7 heteroatoms.